The zero-order valence-corrected chi connectivity index (χ0v) is 17.5. The van der Waals surface area contributed by atoms with Crippen molar-refractivity contribution in [2.75, 3.05) is 18.5 Å². The summed E-state index contributed by atoms with van der Waals surface area (Å²) in [6.45, 7) is 0.829. The van der Waals surface area contributed by atoms with Gasteiger partial charge >= 0.3 is 0 Å². The SMILES string of the molecule is O=C(Nc1ccc2c(c1)CCC2)c1ccc(Cl)c(S(=O)(=O)NCC2CCCO2)c1. The van der Waals surface area contributed by atoms with E-state index in [4.69, 9.17) is 16.3 Å². The monoisotopic (exact) mass is 434 g/mol. The highest BCUT2D eigenvalue weighted by Gasteiger charge is 2.23. The summed E-state index contributed by atoms with van der Waals surface area (Å²) in [6, 6.07) is 10.1. The fourth-order valence-electron chi connectivity index (χ4n) is 3.79. The summed E-state index contributed by atoms with van der Waals surface area (Å²) in [7, 11) is -3.86. The van der Waals surface area contributed by atoms with Crippen molar-refractivity contribution in [3.8, 4) is 0 Å². The lowest BCUT2D eigenvalue weighted by Gasteiger charge is -2.13. The van der Waals surface area contributed by atoms with Gasteiger partial charge < -0.3 is 10.1 Å². The smallest absolute Gasteiger partial charge is 0.255 e. The Labute approximate surface area is 175 Å². The number of halogens is 1. The number of amides is 1. The van der Waals surface area contributed by atoms with Crippen molar-refractivity contribution >= 4 is 33.2 Å². The van der Waals surface area contributed by atoms with E-state index in [1.807, 2.05) is 18.2 Å². The average Bonchev–Trinajstić information content (AvgIpc) is 3.38. The lowest BCUT2D eigenvalue weighted by Crippen LogP contribution is -2.32. The Morgan fingerprint density at radius 2 is 1.93 bits per heavy atom. The molecule has 29 heavy (non-hydrogen) atoms. The van der Waals surface area contributed by atoms with Crippen molar-refractivity contribution in [3.63, 3.8) is 0 Å². The molecular weight excluding hydrogens is 412 g/mol. The second-order valence-electron chi connectivity index (χ2n) is 7.42. The second kappa shape index (κ2) is 8.44. The molecule has 1 heterocycles. The highest BCUT2D eigenvalue weighted by Crippen LogP contribution is 2.26. The van der Waals surface area contributed by atoms with Crippen LogP contribution in [-0.2, 0) is 27.6 Å². The molecule has 1 fully saturated rings. The molecule has 0 saturated carbocycles. The van der Waals surface area contributed by atoms with Crippen LogP contribution in [0.5, 0.6) is 0 Å². The molecule has 1 saturated heterocycles. The van der Waals surface area contributed by atoms with Gasteiger partial charge in [0.05, 0.1) is 11.1 Å². The lowest BCUT2D eigenvalue weighted by molar-refractivity contribution is 0.102. The first-order valence-electron chi connectivity index (χ1n) is 9.76. The minimum atomic E-state index is -3.86. The molecule has 2 aliphatic rings. The number of rotatable bonds is 6. The number of fused-ring (bicyclic) bond motifs is 1. The minimum Gasteiger partial charge on any atom is -0.377 e. The molecule has 2 N–H and O–H groups in total. The van der Waals surface area contributed by atoms with Gasteiger partial charge in [0.2, 0.25) is 10.0 Å². The summed E-state index contributed by atoms with van der Waals surface area (Å²) in [5.41, 5.74) is 3.50. The summed E-state index contributed by atoms with van der Waals surface area (Å²) in [6.07, 6.45) is 4.82. The van der Waals surface area contributed by atoms with Crippen molar-refractivity contribution in [2.45, 2.75) is 43.1 Å². The maximum absolute atomic E-state index is 12.7. The lowest BCUT2D eigenvalue weighted by atomic mass is 10.1. The van der Waals surface area contributed by atoms with Crippen molar-refractivity contribution < 1.29 is 17.9 Å². The third-order valence-corrected chi connectivity index (χ3v) is 7.27. The molecule has 4 rings (SSSR count). The van der Waals surface area contributed by atoms with Crippen LogP contribution in [0, 0.1) is 0 Å². The third kappa shape index (κ3) is 4.64. The van der Waals surface area contributed by atoms with Crippen LogP contribution in [0.3, 0.4) is 0 Å². The van der Waals surface area contributed by atoms with Gasteiger partial charge in [-0.15, -0.1) is 0 Å². The number of sulfonamides is 1. The Morgan fingerprint density at radius 3 is 2.72 bits per heavy atom. The fourth-order valence-corrected chi connectivity index (χ4v) is 5.38. The van der Waals surface area contributed by atoms with Crippen LogP contribution >= 0.6 is 11.6 Å². The number of carbonyl (C=O) groups excluding carboxylic acids is 1. The van der Waals surface area contributed by atoms with E-state index >= 15 is 0 Å². The molecule has 1 amide bonds. The van der Waals surface area contributed by atoms with E-state index < -0.39 is 10.0 Å². The molecule has 1 unspecified atom stereocenters. The van der Waals surface area contributed by atoms with Crippen molar-refractivity contribution in [2.24, 2.45) is 0 Å². The molecule has 2 aromatic rings. The molecule has 154 valence electrons. The third-order valence-electron chi connectivity index (χ3n) is 5.36. The number of ether oxygens (including phenoxy) is 1. The molecule has 6 nitrogen and oxygen atoms in total. The number of hydrogen-bond donors (Lipinski definition) is 2. The van der Waals surface area contributed by atoms with Crippen LogP contribution in [0.4, 0.5) is 5.69 Å². The molecule has 8 heteroatoms. The first-order valence-corrected chi connectivity index (χ1v) is 11.6. The summed E-state index contributed by atoms with van der Waals surface area (Å²) in [5.74, 6) is -0.379. The predicted molar refractivity (Wildman–Crippen MR) is 112 cm³/mol. The zero-order chi connectivity index (χ0) is 20.4. The first kappa shape index (κ1) is 20.3. The quantitative estimate of drug-likeness (QED) is 0.728. The Morgan fingerprint density at radius 1 is 1.10 bits per heavy atom. The van der Waals surface area contributed by atoms with Crippen molar-refractivity contribution in [1.82, 2.24) is 4.72 Å². The van der Waals surface area contributed by atoms with Crippen molar-refractivity contribution in [1.29, 1.82) is 0 Å². The Balaban J connectivity index is 1.50. The molecule has 1 atom stereocenters. The number of anilines is 1. The Hall–Kier alpha value is -1.93. The van der Waals surface area contributed by atoms with E-state index in [9.17, 15) is 13.2 Å². The molecule has 1 aliphatic heterocycles. The van der Waals surface area contributed by atoms with Crippen LogP contribution in [0.15, 0.2) is 41.3 Å². The predicted octanol–water partition coefficient (Wildman–Crippen LogP) is 3.54. The Bertz CT molecular complexity index is 1030. The molecule has 0 aromatic heterocycles. The fraction of sp³-hybridized carbons (Fsp3) is 0.381. The van der Waals surface area contributed by atoms with Gasteiger partial charge in [0.1, 0.15) is 4.90 Å². The number of nitrogens with one attached hydrogen (secondary N) is 2. The van der Waals surface area contributed by atoms with E-state index in [2.05, 4.69) is 10.0 Å². The average molecular weight is 435 g/mol. The van der Waals surface area contributed by atoms with Gasteiger partial charge in [-0.05, 0) is 73.6 Å². The summed E-state index contributed by atoms with van der Waals surface area (Å²) in [5, 5.41) is 2.91. The largest absolute Gasteiger partial charge is 0.377 e. The van der Waals surface area contributed by atoms with E-state index in [-0.39, 0.29) is 34.0 Å². The minimum absolute atomic E-state index is 0.0684. The number of aryl methyl sites for hydroxylation is 2. The van der Waals surface area contributed by atoms with Gasteiger partial charge in [0.15, 0.2) is 0 Å². The molecule has 0 spiro atoms. The normalized spacial score (nSPS) is 18.6. The highest BCUT2D eigenvalue weighted by atomic mass is 35.5. The number of benzene rings is 2. The number of carbonyl (C=O) groups is 1. The summed E-state index contributed by atoms with van der Waals surface area (Å²) >= 11 is 6.12. The molecule has 2 aromatic carbocycles. The molecular formula is C21H23ClN2O4S. The van der Waals surface area contributed by atoms with Crippen LogP contribution < -0.4 is 10.0 Å². The molecule has 0 radical (unpaired) electrons. The van der Waals surface area contributed by atoms with Gasteiger partial charge in [-0.3, -0.25) is 4.79 Å². The van der Waals surface area contributed by atoms with E-state index in [1.54, 1.807) is 0 Å². The van der Waals surface area contributed by atoms with Gasteiger partial charge in [-0.2, -0.15) is 0 Å². The zero-order valence-electron chi connectivity index (χ0n) is 15.9. The standard InChI is InChI=1S/C21H23ClN2O4S/c22-19-9-7-16(12-20(19)29(26,27)23-13-18-5-2-10-28-18)21(25)24-17-8-6-14-3-1-4-15(14)11-17/h6-9,11-12,18,23H,1-5,10,13H2,(H,24,25). The Kier molecular flexibility index (Phi) is 5.92. The van der Waals surface area contributed by atoms with Gasteiger partial charge in [-0.25, -0.2) is 13.1 Å². The van der Waals surface area contributed by atoms with E-state index in [0.717, 1.165) is 32.1 Å². The van der Waals surface area contributed by atoms with Crippen molar-refractivity contribution in [3.05, 3.63) is 58.1 Å². The maximum Gasteiger partial charge on any atom is 0.255 e. The summed E-state index contributed by atoms with van der Waals surface area (Å²) in [4.78, 5) is 12.6. The summed E-state index contributed by atoms with van der Waals surface area (Å²) < 4.78 is 33.4. The van der Waals surface area contributed by atoms with E-state index in [1.165, 1.54) is 29.3 Å². The van der Waals surface area contributed by atoms with Crippen LogP contribution in [0.2, 0.25) is 5.02 Å². The maximum atomic E-state index is 12.7. The van der Waals surface area contributed by atoms with Gasteiger partial charge in [0.25, 0.3) is 5.91 Å². The molecule has 0 bridgehead atoms. The topological polar surface area (TPSA) is 84.5 Å². The van der Waals surface area contributed by atoms with Crippen LogP contribution in [-0.4, -0.2) is 33.6 Å². The van der Waals surface area contributed by atoms with Gasteiger partial charge in [-0.1, -0.05) is 17.7 Å². The first-order chi connectivity index (χ1) is 13.9. The molecule has 1 aliphatic carbocycles. The van der Waals surface area contributed by atoms with Crippen LogP contribution in [0.1, 0.15) is 40.7 Å². The van der Waals surface area contributed by atoms with E-state index in [0.29, 0.717) is 12.3 Å². The van der Waals surface area contributed by atoms with Crippen LogP contribution in [0.25, 0.3) is 0 Å². The second-order valence-corrected chi connectivity index (χ2v) is 9.57. The van der Waals surface area contributed by atoms with Gasteiger partial charge in [0, 0.05) is 24.4 Å². The number of hydrogen-bond acceptors (Lipinski definition) is 4. The highest BCUT2D eigenvalue weighted by molar-refractivity contribution is 7.89.